The van der Waals surface area contributed by atoms with Crippen molar-refractivity contribution >= 4 is 21.8 Å². The average Bonchev–Trinajstić information content (AvgIpc) is 2.95. The number of sulfonamides is 1. The molecule has 8 nitrogen and oxygen atoms in total. The van der Waals surface area contributed by atoms with Crippen LogP contribution in [-0.2, 0) is 19.6 Å². The van der Waals surface area contributed by atoms with Crippen LogP contribution >= 0.6 is 0 Å². The van der Waals surface area contributed by atoms with Gasteiger partial charge in [0, 0.05) is 19.1 Å². The van der Waals surface area contributed by atoms with E-state index < -0.39 is 16.1 Å². The Balaban J connectivity index is 1.65. The molecule has 3 fully saturated rings. The molecule has 25 heavy (non-hydrogen) atoms. The molecule has 3 saturated heterocycles. The molecule has 3 aliphatic heterocycles. The zero-order valence-corrected chi connectivity index (χ0v) is 15.2. The molecule has 0 radical (unpaired) electrons. The Kier molecular flexibility index (Phi) is 5.96. The summed E-state index contributed by atoms with van der Waals surface area (Å²) >= 11 is 0. The lowest BCUT2D eigenvalue weighted by atomic mass is 9.91. The highest BCUT2D eigenvalue weighted by atomic mass is 32.2. The fourth-order valence-electron chi connectivity index (χ4n) is 4.09. The van der Waals surface area contributed by atoms with Gasteiger partial charge in [-0.25, -0.2) is 13.1 Å². The van der Waals surface area contributed by atoms with Crippen LogP contribution in [-0.4, -0.2) is 57.7 Å². The molecule has 3 heterocycles. The van der Waals surface area contributed by atoms with Crippen LogP contribution in [0.2, 0.25) is 0 Å². The quantitative estimate of drug-likeness (QED) is 0.500. The molecule has 4 N–H and O–H groups in total. The summed E-state index contributed by atoms with van der Waals surface area (Å²) < 4.78 is 26.0. The van der Waals surface area contributed by atoms with Crippen molar-refractivity contribution in [2.75, 3.05) is 25.4 Å². The summed E-state index contributed by atoms with van der Waals surface area (Å²) in [5, 5.41) is 9.26. The van der Waals surface area contributed by atoms with Gasteiger partial charge in [0.05, 0.1) is 17.7 Å². The van der Waals surface area contributed by atoms with Crippen LogP contribution in [0.1, 0.15) is 38.5 Å². The molecule has 4 unspecified atom stereocenters. The number of carbonyl (C=O) groups excluding carboxylic acids is 2. The van der Waals surface area contributed by atoms with Crippen molar-refractivity contribution in [1.82, 2.24) is 20.7 Å². The first-order valence-corrected chi connectivity index (χ1v) is 10.9. The summed E-state index contributed by atoms with van der Waals surface area (Å²) in [5.41, 5.74) is 0. The van der Waals surface area contributed by atoms with Crippen LogP contribution in [0.4, 0.5) is 0 Å². The maximum absolute atomic E-state index is 12.8. The number of rotatable bonds is 2. The van der Waals surface area contributed by atoms with Crippen LogP contribution in [0.15, 0.2) is 0 Å². The van der Waals surface area contributed by atoms with E-state index in [0.717, 1.165) is 19.3 Å². The monoisotopic (exact) mass is 372 g/mol. The van der Waals surface area contributed by atoms with E-state index in [1.165, 1.54) is 0 Å². The van der Waals surface area contributed by atoms with Gasteiger partial charge in [0.2, 0.25) is 21.8 Å². The van der Waals surface area contributed by atoms with Gasteiger partial charge in [-0.15, -0.1) is 0 Å². The second-order valence-corrected chi connectivity index (χ2v) is 9.22. The van der Waals surface area contributed by atoms with Crippen molar-refractivity contribution in [2.24, 2.45) is 11.8 Å². The molecule has 0 saturated carbocycles. The fraction of sp³-hybridized carbons (Fsp3) is 0.875. The summed E-state index contributed by atoms with van der Waals surface area (Å²) in [5.74, 6) is -0.226. The van der Waals surface area contributed by atoms with Gasteiger partial charge >= 0.3 is 0 Å². The van der Waals surface area contributed by atoms with Crippen LogP contribution in [0.3, 0.4) is 0 Å². The lowest BCUT2D eigenvalue weighted by Gasteiger charge is -2.26. The number of nitrogens with one attached hydrogen (secondary N) is 4. The first kappa shape index (κ1) is 18.6. The number of hydrogen-bond donors (Lipinski definition) is 4. The van der Waals surface area contributed by atoms with Gasteiger partial charge < -0.3 is 16.0 Å². The molecule has 0 aromatic carbocycles. The van der Waals surface area contributed by atoms with Gasteiger partial charge in [-0.2, -0.15) is 0 Å². The SMILES string of the molecule is O=C1NCCCCC1C1CCNC(C2CCCS(=O)(=O)NC2)C(=O)N1. The van der Waals surface area contributed by atoms with E-state index in [1.54, 1.807) is 0 Å². The number of hydrogen-bond acceptors (Lipinski definition) is 5. The summed E-state index contributed by atoms with van der Waals surface area (Å²) in [7, 11) is -3.22. The predicted molar refractivity (Wildman–Crippen MR) is 93.2 cm³/mol. The normalized spacial score (nSPS) is 37.1. The first-order chi connectivity index (χ1) is 12.0. The standard InChI is InChI=1S/C16H28N4O4S/c21-15-12(5-1-2-7-18-15)13-6-8-17-14(16(22)20-13)11-4-3-9-25(23,24)19-10-11/h11-14,17,19H,1-10H2,(H,18,21)(H,20,22). The summed E-state index contributed by atoms with van der Waals surface area (Å²) in [4.78, 5) is 25.0. The Bertz CT molecular complexity index is 609. The third-order valence-electron chi connectivity index (χ3n) is 5.52. The Morgan fingerprint density at radius 1 is 0.920 bits per heavy atom. The molecular weight excluding hydrogens is 344 g/mol. The van der Waals surface area contributed by atoms with Crippen molar-refractivity contribution in [3.8, 4) is 0 Å². The van der Waals surface area contributed by atoms with E-state index in [0.29, 0.717) is 32.4 Å². The lowest BCUT2D eigenvalue weighted by molar-refractivity contribution is -0.127. The molecule has 0 aromatic rings. The molecule has 3 rings (SSSR count). The summed E-state index contributed by atoms with van der Waals surface area (Å²) in [6.45, 7) is 1.63. The Labute approximate surface area is 148 Å². The zero-order chi connectivity index (χ0) is 17.9. The minimum absolute atomic E-state index is 0.0310. The molecule has 9 heteroatoms. The van der Waals surface area contributed by atoms with Crippen molar-refractivity contribution in [3.05, 3.63) is 0 Å². The molecule has 3 aliphatic rings. The molecule has 142 valence electrons. The maximum Gasteiger partial charge on any atom is 0.237 e. The smallest absolute Gasteiger partial charge is 0.237 e. The van der Waals surface area contributed by atoms with E-state index >= 15 is 0 Å². The highest BCUT2D eigenvalue weighted by Gasteiger charge is 2.37. The lowest BCUT2D eigenvalue weighted by Crippen LogP contribution is -2.52. The van der Waals surface area contributed by atoms with Crippen LogP contribution < -0.4 is 20.7 Å². The second kappa shape index (κ2) is 8.01. The Hall–Kier alpha value is -1.19. The molecule has 0 aliphatic carbocycles. The topological polar surface area (TPSA) is 116 Å². The van der Waals surface area contributed by atoms with Crippen molar-refractivity contribution in [3.63, 3.8) is 0 Å². The minimum atomic E-state index is -3.22. The predicted octanol–water partition coefficient (Wildman–Crippen LogP) is -0.921. The molecular formula is C16H28N4O4S. The zero-order valence-electron chi connectivity index (χ0n) is 14.4. The molecule has 4 atom stereocenters. The number of amides is 2. The van der Waals surface area contributed by atoms with Crippen molar-refractivity contribution in [1.29, 1.82) is 0 Å². The van der Waals surface area contributed by atoms with E-state index in [2.05, 4.69) is 20.7 Å². The van der Waals surface area contributed by atoms with Gasteiger partial charge in [0.25, 0.3) is 0 Å². The second-order valence-electron chi connectivity index (χ2n) is 7.30. The van der Waals surface area contributed by atoms with Gasteiger partial charge in [-0.3, -0.25) is 9.59 Å². The molecule has 2 amide bonds. The fourth-order valence-corrected chi connectivity index (χ4v) is 5.25. The van der Waals surface area contributed by atoms with Gasteiger partial charge in [-0.1, -0.05) is 6.42 Å². The van der Waals surface area contributed by atoms with E-state index in [4.69, 9.17) is 0 Å². The molecule has 0 bridgehead atoms. The Morgan fingerprint density at radius 2 is 1.76 bits per heavy atom. The first-order valence-electron chi connectivity index (χ1n) is 9.25. The van der Waals surface area contributed by atoms with Gasteiger partial charge in [0.15, 0.2) is 0 Å². The van der Waals surface area contributed by atoms with E-state index in [1.807, 2.05) is 0 Å². The van der Waals surface area contributed by atoms with Crippen LogP contribution in [0, 0.1) is 11.8 Å². The average molecular weight is 372 g/mol. The summed E-state index contributed by atoms with van der Waals surface area (Å²) in [6, 6.07) is -0.579. The van der Waals surface area contributed by atoms with E-state index in [-0.39, 0.29) is 42.0 Å². The molecule has 0 aromatic heterocycles. The van der Waals surface area contributed by atoms with Gasteiger partial charge in [0.1, 0.15) is 0 Å². The van der Waals surface area contributed by atoms with Crippen molar-refractivity contribution < 1.29 is 18.0 Å². The summed E-state index contributed by atoms with van der Waals surface area (Å²) in [6.07, 6.45) is 4.71. The largest absolute Gasteiger partial charge is 0.356 e. The Morgan fingerprint density at radius 3 is 2.60 bits per heavy atom. The van der Waals surface area contributed by atoms with Gasteiger partial charge in [-0.05, 0) is 44.6 Å². The third kappa shape index (κ3) is 4.71. The van der Waals surface area contributed by atoms with E-state index in [9.17, 15) is 18.0 Å². The minimum Gasteiger partial charge on any atom is -0.356 e. The van der Waals surface area contributed by atoms with Crippen LogP contribution in [0.5, 0.6) is 0 Å². The molecule has 0 spiro atoms. The maximum atomic E-state index is 12.8. The number of carbonyl (C=O) groups is 2. The highest BCUT2D eigenvalue weighted by molar-refractivity contribution is 7.89. The van der Waals surface area contributed by atoms with Crippen molar-refractivity contribution in [2.45, 2.75) is 50.6 Å². The third-order valence-corrected chi connectivity index (χ3v) is 6.95. The van der Waals surface area contributed by atoms with Crippen LogP contribution in [0.25, 0.3) is 0 Å². The highest BCUT2D eigenvalue weighted by Crippen LogP contribution is 2.22.